The van der Waals surface area contributed by atoms with Gasteiger partial charge in [0.15, 0.2) is 0 Å². The van der Waals surface area contributed by atoms with E-state index in [0.29, 0.717) is 17.9 Å². The van der Waals surface area contributed by atoms with E-state index in [1.807, 2.05) is 30.3 Å². The first-order valence-electron chi connectivity index (χ1n) is 9.44. The number of para-hydroxylation sites is 1. The topological polar surface area (TPSA) is 72.5 Å². The summed E-state index contributed by atoms with van der Waals surface area (Å²) in [6.07, 6.45) is 0.841. The molecule has 0 spiro atoms. The Labute approximate surface area is 165 Å². The standard InChI is InChI=1S/C24H25NO3/c1-2-22(25)20-11-6-10-19(14-20)18-9-5-7-17(13-18)16-28-23-12-4-3-8-21(23)15-24(26)27/h3-14,22H,2,15-16,25H2,1H3,(H,26,27)/t22-/m1/s1. The lowest BCUT2D eigenvalue weighted by Crippen LogP contribution is -2.08. The zero-order chi connectivity index (χ0) is 19.9. The van der Waals surface area contributed by atoms with Gasteiger partial charge in [0.25, 0.3) is 0 Å². The van der Waals surface area contributed by atoms with Crippen LogP contribution in [0, 0.1) is 0 Å². The van der Waals surface area contributed by atoms with E-state index < -0.39 is 5.97 Å². The lowest BCUT2D eigenvalue weighted by Gasteiger charge is -2.13. The Hall–Kier alpha value is -3.11. The summed E-state index contributed by atoms with van der Waals surface area (Å²) in [4.78, 5) is 11.0. The third kappa shape index (κ3) is 4.99. The van der Waals surface area contributed by atoms with Crippen molar-refractivity contribution in [3.63, 3.8) is 0 Å². The molecule has 144 valence electrons. The zero-order valence-corrected chi connectivity index (χ0v) is 16.0. The van der Waals surface area contributed by atoms with Crippen molar-refractivity contribution < 1.29 is 14.6 Å². The fourth-order valence-corrected chi connectivity index (χ4v) is 3.14. The first-order chi connectivity index (χ1) is 13.6. The predicted molar refractivity (Wildman–Crippen MR) is 111 cm³/mol. The Morgan fingerprint density at radius 2 is 1.71 bits per heavy atom. The van der Waals surface area contributed by atoms with Crippen LogP contribution in [0.2, 0.25) is 0 Å². The molecule has 3 rings (SSSR count). The van der Waals surface area contributed by atoms with Crippen LogP contribution in [0.3, 0.4) is 0 Å². The summed E-state index contributed by atoms with van der Waals surface area (Å²) in [5.41, 5.74) is 11.2. The van der Waals surface area contributed by atoms with Crippen LogP contribution in [0.4, 0.5) is 0 Å². The van der Waals surface area contributed by atoms with Crippen LogP contribution in [0.15, 0.2) is 72.8 Å². The Kier molecular flexibility index (Phi) is 6.45. The third-order valence-corrected chi connectivity index (χ3v) is 4.72. The average Bonchev–Trinajstić information content (AvgIpc) is 2.72. The Morgan fingerprint density at radius 3 is 2.46 bits per heavy atom. The minimum absolute atomic E-state index is 0.0391. The van der Waals surface area contributed by atoms with Gasteiger partial charge < -0.3 is 15.6 Å². The minimum Gasteiger partial charge on any atom is -0.489 e. The van der Waals surface area contributed by atoms with Crippen LogP contribution >= 0.6 is 0 Å². The summed E-state index contributed by atoms with van der Waals surface area (Å²) in [7, 11) is 0. The summed E-state index contributed by atoms with van der Waals surface area (Å²) >= 11 is 0. The molecular formula is C24H25NO3. The molecule has 0 aliphatic heterocycles. The van der Waals surface area contributed by atoms with E-state index in [4.69, 9.17) is 15.6 Å². The van der Waals surface area contributed by atoms with E-state index in [2.05, 4.69) is 37.3 Å². The molecule has 0 saturated heterocycles. The normalized spacial score (nSPS) is 11.8. The number of ether oxygens (including phenoxy) is 1. The first kappa shape index (κ1) is 19.6. The number of rotatable bonds is 8. The molecule has 3 aromatic rings. The van der Waals surface area contributed by atoms with Gasteiger partial charge >= 0.3 is 5.97 Å². The monoisotopic (exact) mass is 375 g/mol. The van der Waals surface area contributed by atoms with Crippen LogP contribution in [0.1, 0.15) is 36.1 Å². The van der Waals surface area contributed by atoms with Crippen LogP contribution in [-0.2, 0) is 17.8 Å². The maximum Gasteiger partial charge on any atom is 0.307 e. The smallest absolute Gasteiger partial charge is 0.307 e. The van der Waals surface area contributed by atoms with Crippen LogP contribution < -0.4 is 10.5 Å². The fraction of sp³-hybridized carbons (Fsp3) is 0.208. The summed E-state index contributed by atoms with van der Waals surface area (Å²) in [6.45, 7) is 2.45. The molecule has 0 aliphatic rings. The van der Waals surface area contributed by atoms with E-state index in [1.165, 1.54) is 0 Å². The molecule has 4 heteroatoms. The second-order valence-corrected chi connectivity index (χ2v) is 6.81. The van der Waals surface area contributed by atoms with Gasteiger partial charge in [-0.2, -0.15) is 0 Å². The number of carboxylic acids is 1. The number of nitrogens with two attached hydrogens (primary N) is 1. The van der Waals surface area contributed by atoms with E-state index in [9.17, 15) is 4.79 Å². The lowest BCUT2D eigenvalue weighted by molar-refractivity contribution is -0.136. The number of aliphatic carboxylic acids is 1. The third-order valence-electron chi connectivity index (χ3n) is 4.72. The number of carbonyl (C=O) groups is 1. The number of hydrogen-bond donors (Lipinski definition) is 2. The summed E-state index contributed by atoms with van der Waals surface area (Å²) in [5, 5.41) is 9.05. The fourth-order valence-electron chi connectivity index (χ4n) is 3.14. The van der Waals surface area contributed by atoms with Gasteiger partial charge in [-0.1, -0.05) is 61.5 Å². The Bertz CT molecular complexity index is 952. The van der Waals surface area contributed by atoms with E-state index in [0.717, 1.165) is 28.7 Å². The molecule has 3 N–H and O–H groups in total. The molecule has 1 atom stereocenters. The quantitative estimate of drug-likeness (QED) is 0.583. The van der Waals surface area contributed by atoms with Crippen molar-refractivity contribution in [2.24, 2.45) is 5.73 Å². The van der Waals surface area contributed by atoms with E-state index in [1.54, 1.807) is 12.1 Å². The van der Waals surface area contributed by atoms with E-state index in [-0.39, 0.29) is 12.5 Å². The molecular weight excluding hydrogens is 350 g/mol. The van der Waals surface area contributed by atoms with Crippen molar-refractivity contribution in [3.05, 3.63) is 89.5 Å². The van der Waals surface area contributed by atoms with Crippen LogP contribution in [0.25, 0.3) is 11.1 Å². The van der Waals surface area contributed by atoms with Gasteiger partial charge in [0.2, 0.25) is 0 Å². The second-order valence-electron chi connectivity index (χ2n) is 6.81. The van der Waals surface area contributed by atoms with Crippen molar-refractivity contribution in [2.75, 3.05) is 0 Å². The van der Waals surface area contributed by atoms with E-state index >= 15 is 0 Å². The largest absolute Gasteiger partial charge is 0.489 e. The summed E-state index contributed by atoms with van der Waals surface area (Å²) in [5.74, 6) is -0.269. The van der Waals surface area contributed by atoms with Crippen LogP contribution in [-0.4, -0.2) is 11.1 Å². The molecule has 0 amide bonds. The highest BCUT2D eigenvalue weighted by atomic mass is 16.5. The van der Waals surface area contributed by atoms with Gasteiger partial charge in [0.1, 0.15) is 12.4 Å². The average molecular weight is 375 g/mol. The highest BCUT2D eigenvalue weighted by molar-refractivity contribution is 5.71. The maximum atomic E-state index is 11.0. The Morgan fingerprint density at radius 1 is 1.00 bits per heavy atom. The van der Waals surface area contributed by atoms with Crippen molar-refractivity contribution in [2.45, 2.75) is 32.4 Å². The molecule has 0 unspecified atom stereocenters. The Balaban J connectivity index is 1.77. The van der Waals surface area contributed by atoms with Crippen molar-refractivity contribution in [1.29, 1.82) is 0 Å². The lowest BCUT2D eigenvalue weighted by atomic mass is 9.98. The molecule has 0 aromatic heterocycles. The molecule has 4 nitrogen and oxygen atoms in total. The maximum absolute atomic E-state index is 11.0. The second kappa shape index (κ2) is 9.20. The zero-order valence-electron chi connectivity index (χ0n) is 16.0. The molecule has 0 bridgehead atoms. The van der Waals surface area contributed by atoms with Gasteiger partial charge in [-0.25, -0.2) is 0 Å². The van der Waals surface area contributed by atoms with Crippen molar-refractivity contribution in [3.8, 4) is 16.9 Å². The summed E-state index contributed by atoms with van der Waals surface area (Å²) < 4.78 is 5.91. The van der Waals surface area contributed by atoms with Crippen LogP contribution in [0.5, 0.6) is 5.75 Å². The SMILES string of the molecule is CC[C@@H](N)c1cccc(-c2cccc(COc3ccccc3CC(=O)O)c2)c1. The first-order valence-corrected chi connectivity index (χ1v) is 9.44. The van der Waals surface area contributed by atoms with Crippen molar-refractivity contribution in [1.82, 2.24) is 0 Å². The van der Waals surface area contributed by atoms with Gasteiger partial charge in [0.05, 0.1) is 6.42 Å². The molecule has 0 heterocycles. The molecule has 3 aromatic carbocycles. The molecule has 0 radical (unpaired) electrons. The highest BCUT2D eigenvalue weighted by Crippen LogP contribution is 2.25. The van der Waals surface area contributed by atoms with Gasteiger partial charge in [-0.05, 0) is 46.9 Å². The number of hydrogen-bond acceptors (Lipinski definition) is 3. The highest BCUT2D eigenvalue weighted by Gasteiger charge is 2.09. The van der Waals surface area contributed by atoms with Gasteiger partial charge in [-0.3, -0.25) is 4.79 Å². The van der Waals surface area contributed by atoms with Gasteiger partial charge in [0, 0.05) is 11.6 Å². The molecule has 0 aliphatic carbocycles. The summed E-state index contributed by atoms with van der Waals surface area (Å²) in [6, 6.07) is 23.8. The predicted octanol–water partition coefficient (Wildman–Crippen LogP) is 4.97. The molecule has 0 saturated carbocycles. The molecule has 28 heavy (non-hydrogen) atoms. The minimum atomic E-state index is -0.872. The van der Waals surface area contributed by atoms with Gasteiger partial charge in [-0.15, -0.1) is 0 Å². The molecule has 0 fully saturated rings. The number of carboxylic acid groups (broad SMARTS) is 1. The number of benzene rings is 3. The van der Waals surface area contributed by atoms with Crippen molar-refractivity contribution >= 4 is 5.97 Å².